The fourth-order valence-corrected chi connectivity index (χ4v) is 3.86. The smallest absolute Gasteiger partial charge is 0.331 e. The molecule has 238 valence electrons. The van der Waals surface area contributed by atoms with Gasteiger partial charge in [-0.3, -0.25) is 28.8 Å². The standard InChI is InChI=1S/C25H40N4O12S/c1-14(31)28-17(23(38)39)6-5-16(33)11-20(35)42-10-9-26-19(34)7-8-27-22(37)21(36)25(3,4)13-41-24(40)18(12-30)29-15(2)32/h17-18,21,30,36H,5-13H2,1-4H3,(H,26,34)(H,27,37)(H,28,31)(H,29,32)(H,38,39)/t17-,18-,21-/m0/s1. The molecular formula is C25H40N4O12S. The summed E-state index contributed by atoms with van der Waals surface area (Å²) in [5, 5.41) is 37.4. The monoisotopic (exact) mass is 620 g/mol. The largest absolute Gasteiger partial charge is 0.480 e. The van der Waals surface area contributed by atoms with E-state index in [4.69, 9.17) is 9.84 Å². The van der Waals surface area contributed by atoms with E-state index in [9.17, 15) is 48.6 Å². The average molecular weight is 621 g/mol. The topological polar surface area (TPSA) is 255 Å². The fraction of sp³-hybridized carbons (Fsp3) is 0.680. The first-order valence-corrected chi connectivity index (χ1v) is 13.9. The van der Waals surface area contributed by atoms with Crippen LogP contribution < -0.4 is 21.3 Å². The third kappa shape index (κ3) is 16.6. The van der Waals surface area contributed by atoms with E-state index in [-0.39, 0.29) is 38.1 Å². The fourth-order valence-electron chi connectivity index (χ4n) is 3.16. The van der Waals surface area contributed by atoms with Crippen molar-refractivity contribution in [3.8, 4) is 0 Å². The quantitative estimate of drug-likeness (QED) is 0.0427. The van der Waals surface area contributed by atoms with Crippen molar-refractivity contribution in [1.29, 1.82) is 0 Å². The number of aliphatic carboxylic acids is 1. The molecule has 0 radical (unpaired) electrons. The number of carbonyl (C=O) groups is 8. The molecule has 0 unspecified atom stereocenters. The van der Waals surface area contributed by atoms with Gasteiger partial charge in [0.05, 0.1) is 19.6 Å². The third-order valence-electron chi connectivity index (χ3n) is 5.49. The van der Waals surface area contributed by atoms with E-state index in [1.165, 1.54) is 13.8 Å². The Labute approximate surface area is 247 Å². The number of esters is 1. The Morgan fingerprint density at radius 2 is 1.48 bits per heavy atom. The zero-order valence-electron chi connectivity index (χ0n) is 24.0. The number of hydrogen-bond donors (Lipinski definition) is 7. The van der Waals surface area contributed by atoms with Crippen LogP contribution in [0.4, 0.5) is 0 Å². The molecule has 0 aliphatic carbocycles. The number of hydrogen-bond acceptors (Lipinski definition) is 12. The summed E-state index contributed by atoms with van der Waals surface area (Å²) in [6, 6.07) is -2.52. The zero-order chi connectivity index (χ0) is 32.5. The van der Waals surface area contributed by atoms with Gasteiger partial charge in [-0.05, 0) is 6.42 Å². The molecule has 0 saturated carbocycles. The van der Waals surface area contributed by atoms with Crippen LogP contribution in [0.3, 0.4) is 0 Å². The minimum Gasteiger partial charge on any atom is -0.480 e. The van der Waals surface area contributed by atoms with Gasteiger partial charge in [0.15, 0.2) is 11.2 Å². The maximum absolute atomic E-state index is 12.3. The van der Waals surface area contributed by atoms with Gasteiger partial charge in [0.25, 0.3) is 0 Å². The van der Waals surface area contributed by atoms with Gasteiger partial charge in [-0.25, -0.2) is 9.59 Å². The number of carboxylic acids is 1. The number of aliphatic hydroxyl groups excluding tert-OH is 2. The van der Waals surface area contributed by atoms with Crippen LogP contribution in [0.25, 0.3) is 0 Å². The number of carboxylic acid groups (broad SMARTS) is 1. The molecule has 0 spiro atoms. The SMILES string of the molecule is CC(=O)N[C@@H](CCC(=O)CC(=O)SCCNC(=O)CCNC(=O)[C@H](O)C(C)(C)COC(=O)[C@H](CO)NC(C)=O)C(=O)O. The minimum atomic E-state index is -1.62. The van der Waals surface area contributed by atoms with Crippen molar-refractivity contribution in [1.82, 2.24) is 21.3 Å². The summed E-state index contributed by atoms with van der Waals surface area (Å²) in [7, 11) is 0. The Morgan fingerprint density at radius 1 is 0.881 bits per heavy atom. The van der Waals surface area contributed by atoms with Gasteiger partial charge >= 0.3 is 11.9 Å². The van der Waals surface area contributed by atoms with E-state index in [2.05, 4.69) is 21.3 Å². The van der Waals surface area contributed by atoms with Gasteiger partial charge in [-0.2, -0.15) is 0 Å². The van der Waals surface area contributed by atoms with Gasteiger partial charge in [-0.15, -0.1) is 0 Å². The van der Waals surface area contributed by atoms with Crippen molar-refractivity contribution in [3.63, 3.8) is 0 Å². The summed E-state index contributed by atoms with van der Waals surface area (Å²) < 4.78 is 5.01. The molecule has 0 aromatic rings. The number of carbonyl (C=O) groups excluding carboxylic acids is 7. The molecule has 0 aliphatic heterocycles. The highest BCUT2D eigenvalue weighted by Gasteiger charge is 2.35. The summed E-state index contributed by atoms with van der Waals surface area (Å²) in [4.78, 5) is 93.3. The van der Waals surface area contributed by atoms with Gasteiger partial charge in [0.1, 0.15) is 17.9 Å². The van der Waals surface area contributed by atoms with Crippen molar-refractivity contribution in [3.05, 3.63) is 0 Å². The lowest BCUT2D eigenvalue weighted by Crippen LogP contribution is -2.48. The summed E-state index contributed by atoms with van der Waals surface area (Å²) >= 11 is 0.812. The molecule has 0 fully saturated rings. The number of nitrogens with one attached hydrogen (secondary N) is 4. The maximum atomic E-state index is 12.3. The molecule has 0 rings (SSSR count). The van der Waals surface area contributed by atoms with Crippen molar-refractivity contribution in [2.24, 2.45) is 5.41 Å². The van der Waals surface area contributed by atoms with Gasteiger partial charge in [-0.1, -0.05) is 25.6 Å². The molecule has 0 aromatic heterocycles. The van der Waals surface area contributed by atoms with E-state index >= 15 is 0 Å². The van der Waals surface area contributed by atoms with E-state index in [0.29, 0.717) is 0 Å². The first-order chi connectivity index (χ1) is 19.5. The Kier molecular flexibility index (Phi) is 17.9. The summed E-state index contributed by atoms with van der Waals surface area (Å²) in [6.45, 7) is 4.08. The predicted molar refractivity (Wildman–Crippen MR) is 148 cm³/mol. The average Bonchev–Trinajstić information content (AvgIpc) is 2.89. The summed E-state index contributed by atoms with van der Waals surface area (Å²) in [6.07, 6.45) is -2.53. The van der Waals surface area contributed by atoms with E-state index in [1.807, 2.05) is 0 Å². The van der Waals surface area contributed by atoms with Gasteiger partial charge in [0, 0.05) is 50.9 Å². The second kappa shape index (κ2) is 19.5. The second-order valence-electron chi connectivity index (χ2n) is 9.89. The molecule has 17 heteroatoms. The zero-order valence-corrected chi connectivity index (χ0v) is 24.8. The van der Waals surface area contributed by atoms with E-state index in [0.717, 1.165) is 25.6 Å². The van der Waals surface area contributed by atoms with Crippen molar-refractivity contribution in [2.75, 3.05) is 32.1 Å². The van der Waals surface area contributed by atoms with Crippen molar-refractivity contribution >= 4 is 58.2 Å². The Balaban J connectivity index is 4.29. The molecule has 4 amide bonds. The predicted octanol–water partition coefficient (Wildman–Crippen LogP) is -2.38. The van der Waals surface area contributed by atoms with Crippen LogP contribution in [0, 0.1) is 5.41 Å². The number of amides is 4. The van der Waals surface area contributed by atoms with Crippen LogP contribution in [0.2, 0.25) is 0 Å². The number of aliphatic hydroxyl groups is 2. The number of Topliss-reactive ketones (excluding diaryl/α,β-unsaturated/α-hetero) is 1. The van der Waals surface area contributed by atoms with Crippen molar-refractivity contribution < 1.29 is 58.4 Å². The molecular weight excluding hydrogens is 580 g/mol. The second-order valence-corrected chi connectivity index (χ2v) is 11.0. The molecule has 3 atom stereocenters. The highest BCUT2D eigenvalue weighted by molar-refractivity contribution is 8.13. The van der Waals surface area contributed by atoms with E-state index in [1.54, 1.807) is 0 Å². The molecule has 0 heterocycles. The van der Waals surface area contributed by atoms with Crippen LogP contribution in [0.15, 0.2) is 0 Å². The highest BCUT2D eigenvalue weighted by atomic mass is 32.2. The molecule has 0 saturated heterocycles. The molecule has 0 bridgehead atoms. The molecule has 7 N–H and O–H groups in total. The Morgan fingerprint density at radius 3 is 2.02 bits per heavy atom. The molecule has 16 nitrogen and oxygen atoms in total. The summed E-state index contributed by atoms with van der Waals surface area (Å²) in [5.74, 6) is -4.92. The molecule has 0 aliphatic rings. The molecule has 42 heavy (non-hydrogen) atoms. The lowest BCUT2D eigenvalue weighted by molar-refractivity contribution is -0.157. The normalized spacial score (nSPS) is 13.1. The highest BCUT2D eigenvalue weighted by Crippen LogP contribution is 2.21. The van der Waals surface area contributed by atoms with Gasteiger partial charge in [0.2, 0.25) is 23.6 Å². The lowest BCUT2D eigenvalue weighted by atomic mass is 9.87. The van der Waals surface area contributed by atoms with Crippen LogP contribution in [0.1, 0.15) is 53.4 Å². The number of ether oxygens (including phenoxy) is 1. The molecule has 0 aromatic carbocycles. The lowest BCUT2D eigenvalue weighted by Gasteiger charge is -2.29. The maximum Gasteiger partial charge on any atom is 0.331 e. The third-order valence-corrected chi connectivity index (χ3v) is 6.36. The van der Waals surface area contributed by atoms with Crippen LogP contribution in [-0.2, 0) is 43.1 Å². The van der Waals surface area contributed by atoms with Crippen LogP contribution in [-0.4, -0.2) is 112 Å². The first-order valence-electron chi connectivity index (χ1n) is 12.9. The van der Waals surface area contributed by atoms with Crippen LogP contribution in [0.5, 0.6) is 0 Å². The van der Waals surface area contributed by atoms with E-state index < -0.39 is 89.7 Å². The Hall–Kier alpha value is -3.57. The number of ketones is 1. The Bertz CT molecular complexity index is 1000. The van der Waals surface area contributed by atoms with Gasteiger partial charge < -0.3 is 41.3 Å². The number of rotatable bonds is 20. The van der Waals surface area contributed by atoms with Crippen LogP contribution >= 0.6 is 11.8 Å². The van der Waals surface area contributed by atoms with Crippen molar-refractivity contribution in [2.45, 2.75) is 71.6 Å². The summed E-state index contributed by atoms with van der Waals surface area (Å²) in [5.41, 5.74) is -1.24. The first kappa shape index (κ1) is 38.4. The minimum absolute atomic E-state index is 0.0926. The number of thioether (sulfide) groups is 1.